The third kappa shape index (κ3) is 4.74. The third-order valence-corrected chi connectivity index (χ3v) is 8.82. The molecular weight excluding hydrogens is 358 g/mol. The van der Waals surface area contributed by atoms with Crippen molar-refractivity contribution in [1.29, 1.82) is 0 Å². The highest BCUT2D eigenvalue weighted by Gasteiger charge is 2.30. The smallest absolute Gasteiger partial charge is 0.252 e. The van der Waals surface area contributed by atoms with Gasteiger partial charge in [0.1, 0.15) is 4.21 Å². The first-order valence-electron chi connectivity index (χ1n) is 7.51. The van der Waals surface area contributed by atoms with Crippen LogP contribution in [0.25, 0.3) is 0 Å². The highest BCUT2D eigenvalue weighted by Crippen LogP contribution is 2.26. The molecule has 1 aliphatic rings. The van der Waals surface area contributed by atoms with Crippen LogP contribution in [0.15, 0.2) is 16.3 Å². The Kier molecular flexibility index (Phi) is 6.20. The lowest BCUT2D eigenvalue weighted by Gasteiger charge is -2.22. The van der Waals surface area contributed by atoms with Gasteiger partial charge in [0.25, 0.3) is 10.0 Å². The lowest BCUT2D eigenvalue weighted by Crippen LogP contribution is -2.37. The second-order valence-electron chi connectivity index (χ2n) is 5.44. The zero-order valence-corrected chi connectivity index (χ0v) is 15.7. The number of sulfonamides is 2. The van der Waals surface area contributed by atoms with E-state index in [0.717, 1.165) is 17.8 Å². The third-order valence-electron chi connectivity index (χ3n) is 3.89. The van der Waals surface area contributed by atoms with Gasteiger partial charge in [0.15, 0.2) is 0 Å². The molecule has 0 amide bonds. The minimum atomic E-state index is -3.49. The van der Waals surface area contributed by atoms with Gasteiger partial charge in [-0.15, -0.1) is 11.3 Å². The molecule has 1 unspecified atom stereocenters. The summed E-state index contributed by atoms with van der Waals surface area (Å²) < 4.78 is 52.2. The molecule has 0 aromatic carbocycles. The Morgan fingerprint density at radius 1 is 1.35 bits per heavy atom. The fourth-order valence-electron chi connectivity index (χ4n) is 2.35. The number of rotatable bonds is 8. The molecule has 0 spiro atoms. The molecule has 132 valence electrons. The van der Waals surface area contributed by atoms with Crippen LogP contribution in [0.5, 0.6) is 0 Å². The Labute approximate surface area is 142 Å². The highest BCUT2D eigenvalue weighted by atomic mass is 32.2. The number of hydrogen-bond donors (Lipinski definition) is 2. The van der Waals surface area contributed by atoms with Gasteiger partial charge in [-0.2, -0.15) is 4.31 Å². The first-order chi connectivity index (χ1) is 10.8. The number of thiophene rings is 1. The number of nitrogens with zero attached hydrogens (tertiary/aromatic N) is 1. The molecule has 0 aliphatic carbocycles. The molecule has 2 heterocycles. The number of hydrogen-bond acceptors (Lipinski definition) is 6. The van der Waals surface area contributed by atoms with Crippen LogP contribution < -0.4 is 10.0 Å². The SMILES string of the molecule is CCS(=O)(=O)NCCc1ccc(S(=O)(=O)N(C)C2CCNC2)s1. The second kappa shape index (κ2) is 7.58. The predicted molar refractivity (Wildman–Crippen MR) is 91.7 cm³/mol. The van der Waals surface area contributed by atoms with Crippen LogP contribution >= 0.6 is 11.3 Å². The van der Waals surface area contributed by atoms with Crippen molar-refractivity contribution in [2.75, 3.05) is 32.4 Å². The maximum absolute atomic E-state index is 12.6. The molecule has 2 rings (SSSR count). The van der Waals surface area contributed by atoms with Gasteiger partial charge in [0.05, 0.1) is 5.75 Å². The molecule has 1 aromatic rings. The van der Waals surface area contributed by atoms with E-state index in [4.69, 9.17) is 0 Å². The molecule has 10 heteroatoms. The average molecular weight is 382 g/mol. The van der Waals surface area contributed by atoms with E-state index in [9.17, 15) is 16.8 Å². The van der Waals surface area contributed by atoms with Crippen molar-refractivity contribution in [3.05, 3.63) is 17.0 Å². The molecule has 1 fully saturated rings. The van der Waals surface area contributed by atoms with Gasteiger partial charge in [0.2, 0.25) is 10.0 Å². The van der Waals surface area contributed by atoms with E-state index in [-0.39, 0.29) is 18.3 Å². The Morgan fingerprint density at radius 2 is 2.09 bits per heavy atom. The molecule has 7 nitrogen and oxygen atoms in total. The van der Waals surface area contributed by atoms with Crippen molar-refractivity contribution in [2.45, 2.75) is 30.0 Å². The van der Waals surface area contributed by atoms with E-state index in [1.165, 1.54) is 15.6 Å². The Balaban J connectivity index is 2.00. The van der Waals surface area contributed by atoms with Crippen molar-refractivity contribution < 1.29 is 16.8 Å². The van der Waals surface area contributed by atoms with Crippen molar-refractivity contribution in [3.63, 3.8) is 0 Å². The van der Waals surface area contributed by atoms with E-state index >= 15 is 0 Å². The summed E-state index contributed by atoms with van der Waals surface area (Å²) in [5.41, 5.74) is 0. The van der Waals surface area contributed by atoms with Gasteiger partial charge in [-0.3, -0.25) is 0 Å². The summed E-state index contributed by atoms with van der Waals surface area (Å²) in [5, 5.41) is 3.16. The highest BCUT2D eigenvalue weighted by molar-refractivity contribution is 7.91. The molecular formula is C13H23N3O4S3. The Morgan fingerprint density at radius 3 is 2.70 bits per heavy atom. The zero-order valence-electron chi connectivity index (χ0n) is 13.3. The largest absolute Gasteiger partial charge is 0.315 e. The normalized spacial score (nSPS) is 19.5. The van der Waals surface area contributed by atoms with Crippen molar-refractivity contribution in [1.82, 2.24) is 14.3 Å². The predicted octanol–water partition coefficient (Wildman–Crippen LogP) is 0.212. The molecule has 23 heavy (non-hydrogen) atoms. The fraction of sp³-hybridized carbons (Fsp3) is 0.692. The topological polar surface area (TPSA) is 95.6 Å². The molecule has 1 atom stereocenters. The number of nitrogens with one attached hydrogen (secondary N) is 2. The first-order valence-corrected chi connectivity index (χ1v) is 11.4. The van der Waals surface area contributed by atoms with Gasteiger partial charge in [0, 0.05) is 31.1 Å². The number of likely N-dealkylation sites (N-methyl/N-ethyl adjacent to an activating group) is 1. The van der Waals surface area contributed by atoms with Crippen LogP contribution in [0, 0.1) is 0 Å². The second-order valence-corrected chi connectivity index (χ2v) is 10.9. The van der Waals surface area contributed by atoms with E-state index in [0.29, 0.717) is 17.2 Å². The van der Waals surface area contributed by atoms with Crippen LogP contribution in [-0.4, -0.2) is 59.6 Å². The van der Waals surface area contributed by atoms with Gasteiger partial charge < -0.3 is 5.32 Å². The summed E-state index contributed by atoms with van der Waals surface area (Å²) >= 11 is 1.20. The molecule has 0 saturated carbocycles. The Hall–Kier alpha value is -0.520. The standard InChI is InChI=1S/C13H23N3O4S3/c1-3-22(17,18)15-9-7-12-4-5-13(21-12)23(19,20)16(2)11-6-8-14-10-11/h4-5,11,14-15H,3,6-10H2,1-2H3. The van der Waals surface area contributed by atoms with Crippen molar-refractivity contribution >= 4 is 31.4 Å². The lowest BCUT2D eigenvalue weighted by atomic mass is 10.3. The molecule has 1 aliphatic heterocycles. The van der Waals surface area contributed by atoms with Crippen LogP contribution in [0.1, 0.15) is 18.2 Å². The van der Waals surface area contributed by atoms with Gasteiger partial charge in [-0.05, 0) is 38.4 Å². The van der Waals surface area contributed by atoms with Gasteiger partial charge in [-0.1, -0.05) is 0 Å². The quantitative estimate of drug-likeness (QED) is 0.671. The summed E-state index contributed by atoms with van der Waals surface area (Å²) in [4.78, 5) is 0.848. The van der Waals surface area contributed by atoms with E-state index < -0.39 is 20.0 Å². The maximum Gasteiger partial charge on any atom is 0.252 e. The monoisotopic (exact) mass is 381 g/mol. The van der Waals surface area contributed by atoms with Crippen LogP contribution in [0.3, 0.4) is 0 Å². The molecule has 0 bridgehead atoms. The van der Waals surface area contributed by atoms with Gasteiger partial charge >= 0.3 is 0 Å². The maximum atomic E-state index is 12.6. The summed E-state index contributed by atoms with van der Waals surface area (Å²) in [6.45, 7) is 3.36. The Bertz CT molecular complexity index is 721. The minimum absolute atomic E-state index is 0.0121. The molecule has 1 saturated heterocycles. The summed E-state index contributed by atoms with van der Waals surface area (Å²) in [7, 11) is -5.09. The summed E-state index contributed by atoms with van der Waals surface area (Å²) in [6.07, 6.45) is 1.29. The fourth-order valence-corrected chi connectivity index (χ4v) is 5.89. The minimum Gasteiger partial charge on any atom is -0.315 e. The van der Waals surface area contributed by atoms with Crippen LogP contribution in [0.4, 0.5) is 0 Å². The van der Waals surface area contributed by atoms with Gasteiger partial charge in [-0.25, -0.2) is 21.6 Å². The van der Waals surface area contributed by atoms with E-state index in [1.807, 2.05) is 0 Å². The molecule has 1 aromatic heterocycles. The van der Waals surface area contributed by atoms with E-state index in [2.05, 4.69) is 10.0 Å². The van der Waals surface area contributed by atoms with Crippen molar-refractivity contribution in [2.24, 2.45) is 0 Å². The van der Waals surface area contributed by atoms with Crippen molar-refractivity contribution in [3.8, 4) is 0 Å². The molecule has 0 radical (unpaired) electrons. The zero-order chi connectivity index (χ0) is 17.1. The average Bonchev–Trinajstić information content (AvgIpc) is 3.18. The molecule has 2 N–H and O–H groups in total. The van der Waals surface area contributed by atoms with Crippen LogP contribution in [-0.2, 0) is 26.5 Å². The lowest BCUT2D eigenvalue weighted by molar-refractivity contribution is 0.389. The first kappa shape index (κ1) is 18.8. The van der Waals surface area contributed by atoms with Crippen LogP contribution in [0.2, 0.25) is 0 Å². The summed E-state index contributed by atoms with van der Waals surface area (Å²) in [6, 6.07) is 3.34. The van der Waals surface area contributed by atoms with E-state index in [1.54, 1.807) is 26.1 Å². The summed E-state index contributed by atoms with van der Waals surface area (Å²) in [5.74, 6) is 0.0390.